The third-order valence-electron chi connectivity index (χ3n) is 4.18. The highest BCUT2D eigenvalue weighted by Crippen LogP contribution is 2.08. The minimum atomic E-state index is -3.74. The molecule has 10 nitrogen and oxygen atoms in total. The lowest BCUT2D eigenvalue weighted by Gasteiger charge is -2.25. The number of rotatable bonds is 11. The maximum Gasteiger partial charge on any atom is 0.242 e. The number of amides is 2. The van der Waals surface area contributed by atoms with Crippen molar-refractivity contribution in [3.63, 3.8) is 0 Å². The summed E-state index contributed by atoms with van der Waals surface area (Å²) in [5, 5.41) is 22.4. The number of hydrogen-bond acceptors (Lipinski definition) is 6. The van der Waals surface area contributed by atoms with E-state index in [1.807, 2.05) is 13.8 Å². The highest BCUT2D eigenvalue weighted by atomic mass is 32.2. The van der Waals surface area contributed by atoms with E-state index in [0.717, 1.165) is 11.8 Å². The molecule has 0 aromatic heterocycles. The molecule has 2 amide bonds. The molecule has 0 fully saturated rings. The fourth-order valence-electron chi connectivity index (χ4n) is 2.68. The number of aliphatic hydroxyl groups is 1. The number of carbonyl (C=O) groups is 2. The Labute approximate surface area is 178 Å². The molecule has 30 heavy (non-hydrogen) atoms. The second-order valence-electron chi connectivity index (χ2n) is 7.63. The molecule has 3 atom stereocenters. The van der Waals surface area contributed by atoms with Gasteiger partial charge in [0, 0.05) is 13.5 Å². The largest absolute Gasteiger partial charge is 0.391 e. The van der Waals surface area contributed by atoms with Crippen LogP contribution in [0.15, 0.2) is 24.3 Å². The number of nitrogens with one attached hydrogen (secondary N) is 4. The monoisotopic (exact) mass is 443 g/mol. The van der Waals surface area contributed by atoms with Crippen molar-refractivity contribution in [1.82, 2.24) is 15.4 Å². The van der Waals surface area contributed by atoms with Crippen molar-refractivity contribution in [2.24, 2.45) is 11.7 Å². The Morgan fingerprint density at radius 2 is 1.73 bits per heavy atom. The van der Waals surface area contributed by atoms with Gasteiger partial charge in [-0.25, -0.2) is 13.1 Å². The Hall–Kier alpha value is -2.50. The third-order valence-corrected chi connectivity index (χ3v) is 4.86. The number of carbonyl (C=O) groups excluding carboxylic acids is 2. The second kappa shape index (κ2) is 11.0. The number of aliphatic hydroxyl groups excluding tert-OH is 1. The van der Waals surface area contributed by atoms with E-state index in [4.69, 9.17) is 11.1 Å². The Morgan fingerprint density at radius 1 is 1.17 bits per heavy atom. The first kappa shape index (κ1) is 25.5. The summed E-state index contributed by atoms with van der Waals surface area (Å²) >= 11 is 0. The predicted molar refractivity (Wildman–Crippen MR) is 116 cm³/mol. The fraction of sp³-hybridized carbons (Fsp3) is 0.526. The van der Waals surface area contributed by atoms with Gasteiger partial charge in [-0.15, -0.1) is 0 Å². The highest BCUT2D eigenvalue weighted by Gasteiger charge is 2.30. The maximum atomic E-state index is 12.7. The zero-order chi connectivity index (χ0) is 23.1. The average Bonchev–Trinajstić information content (AvgIpc) is 2.62. The first-order chi connectivity index (χ1) is 13.8. The molecule has 7 N–H and O–H groups in total. The summed E-state index contributed by atoms with van der Waals surface area (Å²) in [5.74, 6) is -1.21. The summed E-state index contributed by atoms with van der Waals surface area (Å²) < 4.78 is 25.0. The molecule has 0 aliphatic heterocycles. The molecule has 0 radical (unpaired) electrons. The molecule has 170 valence electrons. The van der Waals surface area contributed by atoms with Crippen LogP contribution < -0.4 is 21.1 Å². The van der Waals surface area contributed by atoms with Crippen LogP contribution in [0.1, 0.15) is 39.7 Å². The van der Waals surface area contributed by atoms with E-state index in [-0.39, 0.29) is 19.7 Å². The Kier molecular flexibility index (Phi) is 9.40. The van der Waals surface area contributed by atoms with Gasteiger partial charge < -0.3 is 21.5 Å². The Morgan fingerprint density at radius 3 is 2.17 bits per heavy atom. The Balaban J connectivity index is 0.00000900. The van der Waals surface area contributed by atoms with Crippen molar-refractivity contribution >= 4 is 27.7 Å². The lowest BCUT2D eigenvalue weighted by molar-refractivity contribution is -0.131. The molecule has 1 rings (SSSR count). The lowest BCUT2D eigenvalue weighted by Crippen LogP contribution is -2.57. The molecule has 0 heterocycles. The van der Waals surface area contributed by atoms with Gasteiger partial charge in [-0.2, -0.15) is 0 Å². The molecule has 0 aliphatic carbocycles. The molecule has 1 unspecified atom stereocenters. The molecule has 0 aliphatic rings. The molecule has 0 saturated heterocycles. The van der Waals surface area contributed by atoms with E-state index >= 15 is 0 Å². The fourth-order valence-corrected chi connectivity index (χ4v) is 3.45. The molecule has 1 aromatic rings. The van der Waals surface area contributed by atoms with E-state index in [1.165, 1.54) is 6.92 Å². The predicted octanol–water partition coefficient (Wildman–Crippen LogP) is -0.338. The van der Waals surface area contributed by atoms with Gasteiger partial charge in [0.1, 0.15) is 17.9 Å². The van der Waals surface area contributed by atoms with Gasteiger partial charge in [-0.1, -0.05) is 38.1 Å². The van der Waals surface area contributed by atoms with Gasteiger partial charge in [0.05, 0.1) is 12.4 Å². The molecule has 0 spiro atoms. The van der Waals surface area contributed by atoms with Crippen LogP contribution in [0.5, 0.6) is 0 Å². The van der Waals surface area contributed by atoms with Gasteiger partial charge >= 0.3 is 0 Å². The van der Waals surface area contributed by atoms with Gasteiger partial charge in [-0.3, -0.25) is 15.0 Å². The summed E-state index contributed by atoms with van der Waals surface area (Å²) in [6, 6.07) is 4.47. The van der Waals surface area contributed by atoms with Gasteiger partial charge in [-0.05, 0) is 24.8 Å². The van der Waals surface area contributed by atoms with Crippen molar-refractivity contribution in [2.75, 3.05) is 6.26 Å². The van der Waals surface area contributed by atoms with Crippen LogP contribution >= 0.6 is 0 Å². The maximum absolute atomic E-state index is 12.7. The molecular formula is C19H33N5O5S. The van der Waals surface area contributed by atoms with Crippen LogP contribution in [-0.2, 0) is 26.2 Å². The standard InChI is InChI=1S/C19H31N5O5S.H2/c1-11(2)9-15(23-19(27)16(12(3)25)24-30(4,28)29)18(26)22-10-13-5-7-14(8-6-13)17(20)21;/h5-8,11-12,15-16,24-25H,9-10H2,1-4H3,(H3,20,21)(H,22,26)(H,23,27);1H/t12?,15-,16-;/m1./s1. The average molecular weight is 444 g/mol. The summed E-state index contributed by atoms with van der Waals surface area (Å²) in [4.78, 5) is 25.2. The van der Waals surface area contributed by atoms with Crippen LogP contribution in [0.4, 0.5) is 0 Å². The zero-order valence-corrected chi connectivity index (χ0v) is 18.4. The molecular weight excluding hydrogens is 410 g/mol. The number of nitrogens with two attached hydrogens (primary N) is 1. The summed E-state index contributed by atoms with van der Waals surface area (Å²) in [7, 11) is -3.74. The second-order valence-corrected chi connectivity index (χ2v) is 9.41. The molecule has 1 aromatic carbocycles. The summed E-state index contributed by atoms with van der Waals surface area (Å²) in [6.45, 7) is 5.25. The molecule has 0 saturated carbocycles. The third kappa shape index (κ3) is 8.89. The number of benzene rings is 1. The lowest BCUT2D eigenvalue weighted by atomic mass is 10.0. The first-order valence-electron chi connectivity index (χ1n) is 9.47. The normalized spacial score (nSPS) is 14.6. The van der Waals surface area contributed by atoms with E-state index in [9.17, 15) is 23.1 Å². The van der Waals surface area contributed by atoms with Crippen molar-refractivity contribution in [3.05, 3.63) is 35.4 Å². The van der Waals surface area contributed by atoms with Crippen LogP contribution in [-0.4, -0.2) is 55.6 Å². The van der Waals surface area contributed by atoms with Crippen LogP contribution in [0, 0.1) is 11.3 Å². The van der Waals surface area contributed by atoms with Gasteiger partial charge in [0.15, 0.2) is 0 Å². The van der Waals surface area contributed by atoms with Gasteiger partial charge in [0.2, 0.25) is 21.8 Å². The quantitative estimate of drug-likeness (QED) is 0.201. The van der Waals surface area contributed by atoms with Crippen LogP contribution in [0.25, 0.3) is 0 Å². The number of amidine groups is 1. The van der Waals surface area contributed by atoms with Crippen molar-refractivity contribution in [3.8, 4) is 0 Å². The van der Waals surface area contributed by atoms with E-state index in [2.05, 4.69) is 15.4 Å². The minimum Gasteiger partial charge on any atom is -0.391 e. The minimum absolute atomic E-state index is 0. The van der Waals surface area contributed by atoms with Crippen molar-refractivity contribution < 1.29 is 24.5 Å². The number of hydrogen-bond donors (Lipinski definition) is 6. The van der Waals surface area contributed by atoms with E-state index in [1.54, 1.807) is 24.3 Å². The SMILES string of the molecule is CC(C)C[C@@H](NC(=O)[C@H](NS(C)(=O)=O)C(C)O)C(=O)NCc1ccc(C(=N)N)cc1.[HH]. The van der Waals surface area contributed by atoms with E-state index < -0.39 is 40.0 Å². The molecule has 11 heteroatoms. The van der Waals surface area contributed by atoms with Crippen LogP contribution in [0.2, 0.25) is 0 Å². The smallest absolute Gasteiger partial charge is 0.242 e. The van der Waals surface area contributed by atoms with Crippen molar-refractivity contribution in [1.29, 1.82) is 5.41 Å². The number of sulfonamides is 1. The summed E-state index contributed by atoms with van der Waals surface area (Å²) in [6.07, 6.45) is -0.0836. The van der Waals surface area contributed by atoms with Gasteiger partial charge in [0.25, 0.3) is 0 Å². The van der Waals surface area contributed by atoms with Crippen LogP contribution in [0.3, 0.4) is 0 Å². The summed E-state index contributed by atoms with van der Waals surface area (Å²) in [5.41, 5.74) is 6.76. The Bertz CT molecular complexity index is 859. The number of nitrogen functional groups attached to an aromatic ring is 1. The first-order valence-corrected chi connectivity index (χ1v) is 11.4. The topological polar surface area (TPSA) is 174 Å². The molecule has 0 bridgehead atoms. The van der Waals surface area contributed by atoms with Crippen molar-refractivity contribution in [2.45, 2.75) is 51.9 Å². The van der Waals surface area contributed by atoms with E-state index in [0.29, 0.717) is 12.0 Å². The zero-order valence-electron chi connectivity index (χ0n) is 17.6. The highest BCUT2D eigenvalue weighted by molar-refractivity contribution is 7.88.